The number of rotatable bonds is 3. The molecule has 4 nitrogen and oxygen atoms in total. The summed E-state index contributed by atoms with van der Waals surface area (Å²) >= 11 is 0.680. The molecule has 0 saturated carbocycles. The van der Waals surface area contributed by atoms with E-state index >= 15 is 0 Å². The monoisotopic (exact) mass is 410 g/mol. The molecule has 11 heteroatoms. The van der Waals surface area contributed by atoms with Crippen LogP contribution >= 0.6 is 11.8 Å². The first-order chi connectivity index (χ1) is 12.6. The molecule has 0 atom stereocenters. The maximum absolute atomic E-state index is 13.4. The fourth-order valence-corrected chi connectivity index (χ4v) is 3.72. The molecular formula is C16H14F6N3OS+. The Kier molecular flexibility index (Phi) is 5.37. The van der Waals surface area contributed by atoms with E-state index in [2.05, 4.69) is 9.97 Å². The number of aryl methyl sites for hydroxylation is 1. The number of benzene rings is 1. The molecule has 1 heterocycles. The molecule has 3 rings (SSSR count). The zero-order valence-electron chi connectivity index (χ0n) is 13.7. The summed E-state index contributed by atoms with van der Waals surface area (Å²) in [4.78, 5) is 7.89. The Hall–Kier alpha value is -1.85. The highest BCUT2D eigenvalue weighted by Gasteiger charge is 2.38. The van der Waals surface area contributed by atoms with Crippen LogP contribution in [0.15, 0.2) is 28.3 Å². The average molecular weight is 410 g/mol. The minimum Gasteiger partial charge on any atom is -0.227 e. The summed E-state index contributed by atoms with van der Waals surface area (Å²) in [6.07, 6.45) is -7.29. The highest BCUT2D eigenvalue weighted by molar-refractivity contribution is 7.99. The second kappa shape index (κ2) is 7.28. The van der Waals surface area contributed by atoms with Gasteiger partial charge >= 0.3 is 12.4 Å². The maximum Gasteiger partial charge on any atom is 0.433 e. The Morgan fingerprint density at radius 1 is 0.963 bits per heavy atom. The zero-order valence-corrected chi connectivity index (χ0v) is 14.5. The number of nitrogens with two attached hydrogens (primary N) is 1. The third-order valence-electron chi connectivity index (χ3n) is 4.11. The van der Waals surface area contributed by atoms with Gasteiger partial charge in [0.05, 0.1) is 10.5 Å². The van der Waals surface area contributed by atoms with Crippen molar-refractivity contribution < 1.29 is 37.0 Å². The topological polar surface area (TPSA) is 62.6 Å². The predicted octanol–water partition coefficient (Wildman–Crippen LogP) is 4.13. The highest BCUT2D eigenvalue weighted by atomic mass is 32.2. The SMILES string of the molecule is O[NH2+]c1cc(C(F)(F)F)ccc1Sc1nc2c(c(C(F)(F)F)n1)CCCC2. The molecule has 3 N–H and O–H groups in total. The van der Waals surface area contributed by atoms with Crippen LogP contribution in [0.2, 0.25) is 0 Å². The third-order valence-corrected chi connectivity index (χ3v) is 5.07. The molecule has 0 radical (unpaired) electrons. The zero-order chi connectivity index (χ0) is 19.8. The number of halogens is 6. The van der Waals surface area contributed by atoms with Crippen LogP contribution < -0.4 is 5.48 Å². The summed E-state index contributed by atoms with van der Waals surface area (Å²) in [7, 11) is 0. The van der Waals surface area contributed by atoms with Crippen LogP contribution in [0.3, 0.4) is 0 Å². The van der Waals surface area contributed by atoms with Gasteiger partial charge in [0.1, 0.15) is 0 Å². The molecule has 0 aliphatic heterocycles. The van der Waals surface area contributed by atoms with Crippen molar-refractivity contribution in [1.82, 2.24) is 9.97 Å². The summed E-state index contributed by atoms with van der Waals surface area (Å²) < 4.78 is 78.4. The van der Waals surface area contributed by atoms with Crippen molar-refractivity contribution in [3.05, 3.63) is 40.7 Å². The molecule has 146 valence electrons. The van der Waals surface area contributed by atoms with Gasteiger partial charge in [-0.2, -0.15) is 31.8 Å². The van der Waals surface area contributed by atoms with Crippen molar-refractivity contribution in [2.45, 2.75) is 48.1 Å². The minimum absolute atomic E-state index is 0.0828. The van der Waals surface area contributed by atoms with E-state index < -0.39 is 23.6 Å². The van der Waals surface area contributed by atoms with E-state index in [1.807, 2.05) is 0 Å². The van der Waals surface area contributed by atoms with Crippen molar-refractivity contribution in [3.8, 4) is 0 Å². The van der Waals surface area contributed by atoms with Crippen molar-refractivity contribution in [3.63, 3.8) is 0 Å². The summed E-state index contributed by atoms with van der Waals surface area (Å²) in [5, 5.41) is 9.02. The predicted molar refractivity (Wildman–Crippen MR) is 82.6 cm³/mol. The number of hydrogen-bond donors (Lipinski definition) is 2. The van der Waals surface area contributed by atoms with Crippen LogP contribution in [-0.2, 0) is 25.2 Å². The van der Waals surface area contributed by atoms with Gasteiger partial charge < -0.3 is 0 Å². The minimum atomic E-state index is -4.65. The van der Waals surface area contributed by atoms with E-state index in [9.17, 15) is 31.5 Å². The van der Waals surface area contributed by atoms with Gasteiger partial charge in [-0.3, -0.25) is 0 Å². The Balaban J connectivity index is 2.01. The first kappa shape index (κ1) is 19.9. The van der Waals surface area contributed by atoms with E-state index in [0.29, 0.717) is 48.3 Å². The van der Waals surface area contributed by atoms with Crippen LogP contribution in [0.25, 0.3) is 0 Å². The number of fused-ring (bicyclic) bond motifs is 1. The lowest BCUT2D eigenvalue weighted by Crippen LogP contribution is -2.74. The molecule has 2 aromatic rings. The first-order valence-corrected chi connectivity index (χ1v) is 8.75. The Morgan fingerprint density at radius 3 is 2.30 bits per heavy atom. The van der Waals surface area contributed by atoms with Gasteiger partial charge in [-0.25, -0.2) is 15.2 Å². The van der Waals surface area contributed by atoms with Crippen LogP contribution in [0.1, 0.15) is 35.4 Å². The second-order valence-corrected chi connectivity index (χ2v) is 6.98. The van der Waals surface area contributed by atoms with Crippen LogP contribution in [0.4, 0.5) is 32.0 Å². The average Bonchev–Trinajstić information content (AvgIpc) is 2.59. The van der Waals surface area contributed by atoms with Gasteiger partial charge in [0.2, 0.25) is 0 Å². The molecule has 1 aromatic carbocycles. The van der Waals surface area contributed by atoms with Crippen LogP contribution in [0, 0.1) is 0 Å². The van der Waals surface area contributed by atoms with Gasteiger partial charge in [0.25, 0.3) is 0 Å². The summed E-state index contributed by atoms with van der Waals surface area (Å²) in [6, 6.07) is 2.58. The van der Waals surface area contributed by atoms with Crippen LogP contribution in [0.5, 0.6) is 0 Å². The van der Waals surface area contributed by atoms with Gasteiger partial charge in [-0.1, -0.05) is 0 Å². The Morgan fingerprint density at radius 2 is 1.67 bits per heavy atom. The summed E-state index contributed by atoms with van der Waals surface area (Å²) in [5.74, 6) is 0. The smallest absolute Gasteiger partial charge is 0.227 e. The largest absolute Gasteiger partial charge is 0.433 e. The summed E-state index contributed by atoms with van der Waals surface area (Å²) in [5.41, 5.74) is -1.29. The molecule has 0 fully saturated rings. The normalized spacial score (nSPS) is 14.9. The fourth-order valence-electron chi connectivity index (χ4n) is 2.87. The number of hydrogen-bond acceptors (Lipinski definition) is 4. The Bertz CT molecular complexity index is 853. The first-order valence-electron chi connectivity index (χ1n) is 7.93. The molecule has 0 spiro atoms. The highest BCUT2D eigenvalue weighted by Crippen LogP contribution is 2.39. The standard InChI is InChI=1S/C16H13F6N3OS/c17-15(18,19)8-5-6-12(11(7-8)25-26)27-14-23-10-4-2-1-3-9(10)13(24-14)16(20,21)22/h5-7,25-26H,1-4H2/p+1. The molecular weight excluding hydrogens is 396 g/mol. The number of nitrogens with zero attached hydrogens (tertiary/aromatic N) is 2. The van der Waals surface area contributed by atoms with Crippen molar-refractivity contribution in [2.75, 3.05) is 0 Å². The summed E-state index contributed by atoms with van der Waals surface area (Å²) in [6.45, 7) is 0. The van der Waals surface area contributed by atoms with E-state index in [4.69, 9.17) is 0 Å². The maximum atomic E-state index is 13.4. The van der Waals surface area contributed by atoms with Crippen molar-refractivity contribution >= 4 is 17.4 Å². The quantitative estimate of drug-likeness (QED) is 0.346. The molecule has 1 aliphatic carbocycles. The molecule has 0 amide bonds. The fraction of sp³-hybridized carbons (Fsp3) is 0.375. The van der Waals surface area contributed by atoms with Gasteiger partial charge in [-0.15, -0.1) is 0 Å². The van der Waals surface area contributed by atoms with Gasteiger partial charge in [0, 0.05) is 17.3 Å². The van der Waals surface area contributed by atoms with E-state index in [0.717, 1.165) is 12.1 Å². The number of alkyl halides is 6. The third kappa shape index (κ3) is 4.36. The number of quaternary nitrogens is 1. The Labute approximate surface area is 154 Å². The molecule has 27 heavy (non-hydrogen) atoms. The van der Waals surface area contributed by atoms with Crippen molar-refractivity contribution in [1.29, 1.82) is 0 Å². The molecule has 0 unspecified atom stereocenters. The molecule has 1 aromatic heterocycles. The van der Waals surface area contributed by atoms with E-state index in [-0.39, 0.29) is 27.7 Å². The van der Waals surface area contributed by atoms with E-state index in [1.54, 1.807) is 0 Å². The van der Waals surface area contributed by atoms with Crippen molar-refractivity contribution in [2.24, 2.45) is 0 Å². The lowest BCUT2D eigenvalue weighted by Gasteiger charge is -2.20. The lowest BCUT2D eigenvalue weighted by molar-refractivity contribution is -0.827. The number of aromatic nitrogens is 2. The van der Waals surface area contributed by atoms with E-state index in [1.165, 1.54) is 0 Å². The molecule has 0 bridgehead atoms. The second-order valence-electron chi connectivity index (χ2n) is 5.97. The van der Waals surface area contributed by atoms with Gasteiger partial charge in [-0.05, 0) is 49.6 Å². The lowest BCUT2D eigenvalue weighted by atomic mass is 9.94. The van der Waals surface area contributed by atoms with Crippen LogP contribution in [-0.4, -0.2) is 15.2 Å². The molecule has 1 aliphatic rings. The van der Waals surface area contributed by atoms with Gasteiger partial charge in [0.15, 0.2) is 16.5 Å². The molecule has 0 saturated heterocycles.